The first kappa shape index (κ1) is 13.4. The third-order valence-corrected chi connectivity index (χ3v) is 4.24. The molecular formula is C10H14O4S2. The lowest BCUT2D eigenvalue weighted by Gasteiger charge is -2.14. The maximum atomic E-state index is 11.3. The Balaban J connectivity index is 2.21. The van der Waals surface area contributed by atoms with Gasteiger partial charge in [-0.1, -0.05) is 6.58 Å². The number of thioether (sulfide) groups is 2. The molecule has 0 aromatic carbocycles. The van der Waals surface area contributed by atoms with E-state index in [0.29, 0.717) is 0 Å². The number of hydrogen-bond donors (Lipinski definition) is 0. The highest BCUT2D eigenvalue weighted by Gasteiger charge is 2.18. The van der Waals surface area contributed by atoms with Gasteiger partial charge in [-0.25, -0.2) is 9.59 Å². The van der Waals surface area contributed by atoms with E-state index in [4.69, 9.17) is 4.74 Å². The zero-order valence-corrected chi connectivity index (χ0v) is 10.5. The minimum absolute atomic E-state index is 0.123. The van der Waals surface area contributed by atoms with Gasteiger partial charge in [-0.2, -0.15) is 11.8 Å². The normalized spacial score (nSPS) is 20.6. The molecule has 0 saturated carbocycles. The molecule has 1 rings (SSSR count). The van der Waals surface area contributed by atoms with Crippen molar-refractivity contribution in [1.29, 1.82) is 0 Å². The summed E-state index contributed by atoms with van der Waals surface area (Å²) in [4.78, 5) is 22.0. The molecule has 0 N–H and O–H groups in total. The standard InChI is InChI=1S/C10H14O4S2/c1-2-8(11)13-6-9(12)14-10-7-15-4-3-5-16-10/h2,10H,1,3-7H2. The molecule has 0 aromatic rings. The largest absolute Gasteiger partial charge is 0.451 e. The SMILES string of the molecule is C=CC(=O)OCC(=O)OC1CSCCCS1. The summed E-state index contributed by atoms with van der Waals surface area (Å²) in [5.41, 5.74) is -0.123. The van der Waals surface area contributed by atoms with Gasteiger partial charge in [0.25, 0.3) is 0 Å². The fourth-order valence-corrected chi connectivity index (χ4v) is 3.42. The second kappa shape index (κ2) is 7.62. The van der Waals surface area contributed by atoms with Crippen LogP contribution in [0.15, 0.2) is 12.7 Å². The summed E-state index contributed by atoms with van der Waals surface area (Å²) >= 11 is 3.40. The fraction of sp³-hybridized carbons (Fsp3) is 0.600. The van der Waals surface area contributed by atoms with Crippen molar-refractivity contribution in [3.8, 4) is 0 Å². The maximum Gasteiger partial charge on any atom is 0.345 e. The van der Waals surface area contributed by atoms with Crippen LogP contribution in [0.5, 0.6) is 0 Å². The van der Waals surface area contributed by atoms with Crippen LogP contribution in [0.25, 0.3) is 0 Å². The Hall–Kier alpha value is -0.620. The van der Waals surface area contributed by atoms with Gasteiger partial charge in [0.1, 0.15) is 0 Å². The van der Waals surface area contributed by atoms with Crippen molar-refractivity contribution >= 4 is 35.5 Å². The van der Waals surface area contributed by atoms with Crippen molar-refractivity contribution in [2.75, 3.05) is 23.9 Å². The van der Waals surface area contributed by atoms with E-state index in [1.807, 2.05) is 0 Å². The minimum atomic E-state index is -0.611. The Morgan fingerprint density at radius 2 is 2.25 bits per heavy atom. The third kappa shape index (κ3) is 5.46. The monoisotopic (exact) mass is 262 g/mol. The van der Waals surface area contributed by atoms with Crippen molar-refractivity contribution in [1.82, 2.24) is 0 Å². The highest BCUT2D eigenvalue weighted by molar-refractivity contribution is 8.03. The summed E-state index contributed by atoms with van der Waals surface area (Å²) in [6, 6.07) is 0. The average Bonchev–Trinajstić information content (AvgIpc) is 2.54. The van der Waals surface area contributed by atoms with Crippen molar-refractivity contribution in [3.63, 3.8) is 0 Å². The number of carbonyl (C=O) groups excluding carboxylic acids is 2. The molecule has 16 heavy (non-hydrogen) atoms. The summed E-state index contributed by atoms with van der Waals surface area (Å²) in [5.74, 6) is 1.78. The molecule has 1 heterocycles. The Kier molecular flexibility index (Phi) is 6.40. The van der Waals surface area contributed by atoms with Crippen LogP contribution in [0, 0.1) is 0 Å². The van der Waals surface area contributed by atoms with E-state index in [9.17, 15) is 9.59 Å². The second-order valence-electron chi connectivity index (χ2n) is 3.03. The van der Waals surface area contributed by atoms with Gasteiger partial charge in [0.05, 0.1) is 0 Å². The number of rotatable bonds is 4. The molecule has 0 aliphatic carbocycles. The molecule has 0 spiro atoms. The van der Waals surface area contributed by atoms with Gasteiger partial charge in [0.15, 0.2) is 12.0 Å². The number of carbonyl (C=O) groups is 2. The smallest absolute Gasteiger partial charge is 0.345 e. The molecular weight excluding hydrogens is 248 g/mol. The predicted molar refractivity (Wildman–Crippen MR) is 65.4 cm³/mol. The Morgan fingerprint density at radius 3 is 3.00 bits per heavy atom. The van der Waals surface area contributed by atoms with Gasteiger partial charge in [-0.05, 0) is 17.9 Å². The third-order valence-electron chi connectivity index (χ3n) is 1.75. The summed E-state index contributed by atoms with van der Waals surface area (Å²) in [6.07, 6.45) is 2.15. The second-order valence-corrected chi connectivity index (χ2v) is 5.45. The number of esters is 2. The lowest BCUT2D eigenvalue weighted by Crippen LogP contribution is -2.22. The van der Waals surface area contributed by atoms with Crippen LogP contribution in [0.3, 0.4) is 0 Å². The minimum Gasteiger partial charge on any atom is -0.451 e. The topological polar surface area (TPSA) is 52.6 Å². The first-order valence-corrected chi connectivity index (χ1v) is 7.10. The van der Waals surface area contributed by atoms with Gasteiger partial charge in [-0.3, -0.25) is 0 Å². The molecule has 1 aliphatic heterocycles. The van der Waals surface area contributed by atoms with Gasteiger partial charge >= 0.3 is 11.9 Å². The highest BCUT2D eigenvalue weighted by atomic mass is 32.2. The van der Waals surface area contributed by atoms with E-state index in [1.165, 1.54) is 0 Å². The Morgan fingerprint density at radius 1 is 1.44 bits per heavy atom. The van der Waals surface area contributed by atoms with Crippen molar-refractivity contribution in [2.24, 2.45) is 0 Å². The van der Waals surface area contributed by atoms with Gasteiger partial charge in [0, 0.05) is 11.8 Å². The van der Waals surface area contributed by atoms with Crippen LogP contribution >= 0.6 is 23.5 Å². The summed E-state index contributed by atoms with van der Waals surface area (Å²) < 4.78 is 9.74. The van der Waals surface area contributed by atoms with Crippen molar-refractivity contribution in [3.05, 3.63) is 12.7 Å². The number of ether oxygens (including phenoxy) is 2. The van der Waals surface area contributed by atoms with E-state index in [0.717, 1.165) is 29.8 Å². The van der Waals surface area contributed by atoms with E-state index in [2.05, 4.69) is 11.3 Å². The first-order chi connectivity index (χ1) is 7.72. The summed E-state index contributed by atoms with van der Waals surface area (Å²) in [7, 11) is 0. The zero-order valence-electron chi connectivity index (χ0n) is 8.85. The molecule has 0 amide bonds. The Bertz CT molecular complexity index is 260. The molecule has 90 valence electrons. The van der Waals surface area contributed by atoms with E-state index in [-0.39, 0.29) is 12.0 Å². The lowest BCUT2D eigenvalue weighted by molar-refractivity contribution is -0.156. The predicted octanol–water partition coefficient (Wildman–Crippen LogP) is 1.45. The molecule has 4 nitrogen and oxygen atoms in total. The van der Waals surface area contributed by atoms with Gasteiger partial charge in [0.2, 0.25) is 0 Å². The zero-order chi connectivity index (χ0) is 11.8. The van der Waals surface area contributed by atoms with Gasteiger partial charge in [-0.15, -0.1) is 11.8 Å². The van der Waals surface area contributed by atoms with E-state index < -0.39 is 11.9 Å². The highest BCUT2D eigenvalue weighted by Crippen LogP contribution is 2.24. The molecule has 1 fully saturated rings. The van der Waals surface area contributed by atoms with E-state index >= 15 is 0 Å². The fourth-order valence-electron chi connectivity index (χ4n) is 1.04. The van der Waals surface area contributed by atoms with Crippen molar-refractivity contribution in [2.45, 2.75) is 11.9 Å². The van der Waals surface area contributed by atoms with Crippen LogP contribution in [-0.4, -0.2) is 41.2 Å². The van der Waals surface area contributed by atoms with Crippen LogP contribution in [0.4, 0.5) is 0 Å². The summed E-state index contributed by atoms with van der Waals surface area (Å²) in [5, 5.41) is 0. The average molecular weight is 262 g/mol. The molecule has 0 radical (unpaired) electrons. The van der Waals surface area contributed by atoms with Gasteiger partial charge < -0.3 is 9.47 Å². The maximum absolute atomic E-state index is 11.3. The van der Waals surface area contributed by atoms with E-state index in [1.54, 1.807) is 23.5 Å². The lowest BCUT2D eigenvalue weighted by atomic mass is 10.6. The molecule has 0 aromatic heterocycles. The molecule has 6 heteroatoms. The Labute approximate surface area is 103 Å². The molecule has 1 saturated heterocycles. The van der Waals surface area contributed by atoms with Crippen molar-refractivity contribution < 1.29 is 19.1 Å². The summed E-state index contributed by atoms with van der Waals surface area (Å²) in [6.45, 7) is 2.89. The number of hydrogen-bond acceptors (Lipinski definition) is 6. The quantitative estimate of drug-likeness (QED) is 0.564. The molecule has 1 aliphatic rings. The van der Waals surface area contributed by atoms with Crippen LogP contribution in [0.1, 0.15) is 6.42 Å². The first-order valence-electron chi connectivity index (χ1n) is 4.90. The van der Waals surface area contributed by atoms with Crippen LogP contribution < -0.4 is 0 Å². The van der Waals surface area contributed by atoms with Crippen LogP contribution in [-0.2, 0) is 19.1 Å². The molecule has 0 bridgehead atoms. The van der Waals surface area contributed by atoms with Crippen LogP contribution in [0.2, 0.25) is 0 Å². The molecule has 1 unspecified atom stereocenters. The molecule has 1 atom stereocenters.